The lowest BCUT2D eigenvalue weighted by Crippen LogP contribution is -2.28. The van der Waals surface area contributed by atoms with E-state index in [4.69, 9.17) is 24.9 Å². The van der Waals surface area contributed by atoms with Gasteiger partial charge >= 0.3 is 8.60 Å². The Balaban J connectivity index is 0. The molecule has 2 unspecified atom stereocenters. The molecule has 0 rings (SSSR count). The number of hydrogen-bond donors (Lipinski definition) is 7. The Bertz CT molecular complexity index is 84.8. The molecule has 12 heavy (non-hydrogen) atoms. The van der Waals surface area contributed by atoms with E-state index in [9.17, 15) is 0 Å². The molecule has 0 spiro atoms. The van der Waals surface area contributed by atoms with E-state index < -0.39 is 20.8 Å². The zero-order chi connectivity index (χ0) is 10.1. The minimum absolute atomic E-state index is 0.279. The summed E-state index contributed by atoms with van der Waals surface area (Å²) in [6, 6.07) is 0. The lowest BCUT2D eigenvalue weighted by atomic mass is 10.3. The third-order valence-corrected chi connectivity index (χ3v) is 1.57. The first-order valence-electron chi connectivity index (χ1n) is 2.90. The van der Waals surface area contributed by atoms with Crippen LogP contribution in [0.4, 0.5) is 0 Å². The molecule has 0 fully saturated rings. The number of aliphatic hydroxyl groups is 2. The summed E-state index contributed by atoms with van der Waals surface area (Å²) in [5, 5.41) is 17.5. The van der Waals surface area contributed by atoms with Crippen molar-refractivity contribution in [2.75, 3.05) is 11.5 Å². The van der Waals surface area contributed by atoms with Crippen molar-refractivity contribution in [2.24, 2.45) is 0 Å². The molecular formula is C4H13O5PS2. The Kier molecular flexibility index (Phi) is 12.9. The van der Waals surface area contributed by atoms with Crippen LogP contribution in [-0.4, -0.2) is 48.6 Å². The highest BCUT2D eigenvalue weighted by molar-refractivity contribution is 7.80. The topological polar surface area (TPSA) is 101 Å². The summed E-state index contributed by atoms with van der Waals surface area (Å²) in [7, 11) is -2.62. The fourth-order valence-electron chi connectivity index (χ4n) is 0.243. The van der Waals surface area contributed by atoms with Crippen molar-refractivity contribution in [1.29, 1.82) is 0 Å². The van der Waals surface area contributed by atoms with Crippen LogP contribution in [0.2, 0.25) is 0 Å². The third kappa shape index (κ3) is 13.5. The van der Waals surface area contributed by atoms with E-state index in [0.717, 1.165) is 0 Å². The van der Waals surface area contributed by atoms with Crippen LogP contribution in [0.15, 0.2) is 0 Å². The van der Waals surface area contributed by atoms with Crippen molar-refractivity contribution in [1.82, 2.24) is 0 Å². The maximum atomic E-state index is 8.75. The lowest BCUT2D eigenvalue weighted by molar-refractivity contribution is 0.0504. The predicted octanol–water partition coefficient (Wildman–Crippen LogP) is -1.24. The standard InChI is InChI=1S/C4H10O2S2.H3O3P/c5-3(1-7)4(6)2-8;1-4(2)3/h3-8H,1-2H2;1-3H. The van der Waals surface area contributed by atoms with Gasteiger partial charge in [-0.3, -0.25) is 0 Å². The highest BCUT2D eigenvalue weighted by Gasteiger charge is 2.10. The molecule has 0 amide bonds. The fraction of sp³-hybridized carbons (Fsp3) is 1.00. The van der Waals surface area contributed by atoms with E-state index in [1.807, 2.05) is 0 Å². The second-order valence-electron chi connectivity index (χ2n) is 1.77. The molecule has 0 aliphatic carbocycles. The third-order valence-electron chi connectivity index (χ3n) is 0.818. The van der Waals surface area contributed by atoms with E-state index in [0.29, 0.717) is 0 Å². The first-order valence-corrected chi connectivity index (χ1v) is 5.36. The largest absolute Gasteiger partial charge is 0.390 e. The van der Waals surface area contributed by atoms with Crippen LogP contribution in [0.25, 0.3) is 0 Å². The Labute approximate surface area is 82.9 Å². The highest BCUT2D eigenvalue weighted by atomic mass is 32.1. The molecule has 76 valence electrons. The summed E-state index contributed by atoms with van der Waals surface area (Å²) in [6.45, 7) is 0. The Hall–Kier alpha value is 0.930. The van der Waals surface area contributed by atoms with Gasteiger partial charge in [0.2, 0.25) is 0 Å². The van der Waals surface area contributed by atoms with Crippen molar-refractivity contribution in [3.05, 3.63) is 0 Å². The SMILES string of the molecule is OC(CS)C(O)CS.OP(O)O. The summed E-state index contributed by atoms with van der Waals surface area (Å²) in [4.78, 5) is 21.7. The summed E-state index contributed by atoms with van der Waals surface area (Å²) in [6.07, 6.45) is -1.48. The molecule has 0 aliphatic rings. The number of hydrogen-bond acceptors (Lipinski definition) is 7. The van der Waals surface area contributed by atoms with Crippen LogP contribution in [-0.2, 0) is 0 Å². The first-order chi connectivity index (χ1) is 5.45. The average molecular weight is 236 g/mol. The zero-order valence-electron chi connectivity index (χ0n) is 6.15. The van der Waals surface area contributed by atoms with E-state index >= 15 is 0 Å². The van der Waals surface area contributed by atoms with Gasteiger partial charge in [-0.2, -0.15) is 25.3 Å². The average Bonchev–Trinajstić information content (AvgIpc) is 2.00. The molecule has 8 heteroatoms. The van der Waals surface area contributed by atoms with Crippen molar-refractivity contribution in [3.63, 3.8) is 0 Å². The molecular weight excluding hydrogens is 223 g/mol. The van der Waals surface area contributed by atoms with E-state index in [2.05, 4.69) is 25.3 Å². The molecule has 0 aromatic heterocycles. The molecule has 0 saturated carbocycles. The molecule has 0 saturated heterocycles. The van der Waals surface area contributed by atoms with Crippen LogP contribution in [0.5, 0.6) is 0 Å². The van der Waals surface area contributed by atoms with Gasteiger partial charge in [-0.05, 0) is 0 Å². The van der Waals surface area contributed by atoms with Gasteiger partial charge in [0, 0.05) is 11.5 Å². The summed E-state index contributed by atoms with van der Waals surface area (Å²) in [5.74, 6) is 0.559. The first kappa shape index (κ1) is 15.4. The summed E-state index contributed by atoms with van der Waals surface area (Å²) < 4.78 is 0. The maximum Gasteiger partial charge on any atom is 0.324 e. The summed E-state index contributed by atoms with van der Waals surface area (Å²) in [5.41, 5.74) is 0. The van der Waals surface area contributed by atoms with Gasteiger partial charge in [0.15, 0.2) is 0 Å². The number of rotatable bonds is 3. The van der Waals surface area contributed by atoms with Gasteiger partial charge in [-0.15, -0.1) is 0 Å². The van der Waals surface area contributed by atoms with E-state index in [1.54, 1.807) is 0 Å². The quantitative estimate of drug-likeness (QED) is 0.245. The van der Waals surface area contributed by atoms with Crippen LogP contribution in [0.3, 0.4) is 0 Å². The number of aliphatic hydroxyl groups excluding tert-OH is 2. The van der Waals surface area contributed by atoms with Crippen molar-refractivity contribution in [2.45, 2.75) is 12.2 Å². The molecule has 5 nitrogen and oxygen atoms in total. The van der Waals surface area contributed by atoms with Gasteiger partial charge in [-0.1, -0.05) is 0 Å². The van der Waals surface area contributed by atoms with Gasteiger partial charge in [-0.25, -0.2) is 0 Å². The normalized spacial score (nSPS) is 15.0. The Morgan fingerprint density at radius 3 is 1.17 bits per heavy atom. The minimum Gasteiger partial charge on any atom is -0.390 e. The van der Waals surface area contributed by atoms with E-state index in [-0.39, 0.29) is 11.5 Å². The molecule has 0 aliphatic heterocycles. The van der Waals surface area contributed by atoms with Crippen LogP contribution < -0.4 is 0 Å². The molecule has 5 N–H and O–H groups in total. The highest BCUT2D eigenvalue weighted by Crippen LogP contribution is 2.11. The maximum absolute atomic E-state index is 8.75. The molecule has 0 aromatic rings. The van der Waals surface area contributed by atoms with E-state index in [1.165, 1.54) is 0 Å². The van der Waals surface area contributed by atoms with Crippen molar-refractivity contribution >= 4 is 33.9 Å². The zero-order valence-corrected chi connectivity index (χ0v) is 8.83. The lowest BCUT2D eigenvalue weighted by Gasteiger charge is -2.11. The Morgan fingerprint density at radius 2 is 1.08 bits per heavy atom. The molecule has 0 bridgehead atoms. The monoisotopic (exact) mass is 236 g/mol. The minimum atomic E-state index is -2.62. The number of thiol groups is 2. The van der Waals surface area contributed by atoms with Crippen LogP contribution >= 0.6 is 33.9 Å². The predicted molar refractivity (Wildman–Crippen MR) is 53.3 cm³/mol. The summed E-state index contributed by atoms with van der Waals surface area (Å²) >= 11 is 7.53. The van der Waals surface area contributed by atoms with Gasteiger partial charge in [0.25, 0.3) is 0 Å². The van der Waals surface area contributed by atoms with Gasteiger partial charge in [0.05, 0.1) is 12.2 Å². The second kappa shape index (κ2) is 10.0. The molecule has 2 atom stereocenters. The van der Waals surface area contributed by atoms with Crippen molar-refractivity contribution in [3.8, 4) is 0 Å². The van der Waals surface area contributed by atoms with Crippen molar-refractivity contribution < 1.29 is 24.9 Å². The molecule has 0 heterocycles. The van der Waals surface area contributed by atoms with Gasteiger partial charge < -0.3 is 24.9 Å². The molecule has 0 radical (unpaired) electrons. The smallest absolute Gasteiger partial charge is 0.324 e. The molecule has 0 aromatic carbocycles. The second-order valence-corrected chi connectivity index (χ2v) is 3.04. The van der Waals surface area contributed by atoms with Crippen LogP contribution in [0.1, 0.15) is 0 Å². The van der Waals surface area contributed by atoms with Gasteiger partial charge in [0.1, 0.15) is 0 Å². The fourth-order valence-corrected chi connectivity index (χ4v) is 0.730. The Morgan fingerprint density at radius 1 is 0.917 bits per heavy atom. The van der Waals surface area contributed by atoms with Crippen LogP contribution in [0, 0.1) is 0 Å².